The van der Waals surface area contributed by atoms with Crippen molar-refractivity contribution in [3.8, 4) is 0 Å². The Morgan fingerprint density at radius 3 is 2.88 bits per heavy atom. The van der Waals surface area contributed by atoms with Gasteiger partial charge >= 0.3 is 0 Å². The molecule has 0 unspecified atom stereocenters. The molecule has 1 N–H and O–H groups in total. The van der Waals surface area contributed by atoms with E-state index >= 15 is 0 Å². The maximum Gasteiger partial charge on any atom is 0.157 e. The van der Waals surface area contributed by atoms with Crippen molar-refractivity contribution in [1.82, 2.24) is 4.90 Å². The highest BCUT2D eigenvalue weighted by Gasteiger charge is 2.47. The minimum absolute atomic E-state index is 0.0688. The molecule has 0 amide bonds. The molecule has 0 aromatic rings. The van der Waals surface area contributed by atoms with Crippen LogP contribution in [0, 0.1) is 5.41 Å². The number of amidine groups is 1. The molecule has 2 saturated heterocycles. The second kappa shape index (κ2) is 4.56. The Hall–Kier alpha value is -0.230. The molecule has 2 rings (SSSR count). The molecule has 2 fully saturated rings. The number of nitrogens with zero attached hydrogens (tertiary/aromatic N) is 1. The number of nitrogens with one attached hydrogen (secondary N) is 1. The van der Waals surface area contributed by atoms with Gasteiger partial charge in [0.25, 0.3) is 0 Å². The maximum atomic E-state index is 11.5. The molecule has 0 aromatic carbocycles. The molecule has 2 aliphatic heterocycles. The summed E-state index contributed by atoms with van der Waals surface area (Å²) in [6.45, 7) is 2.99. The summed E-state index contributed by atoms with van der Waals surface area (Å²) in [5, 5.41) is 8.54. The maximum absolute atomic E-state index is 11.5. The second-order valence-electron chi connectivity index (χ2n) is 4.51. The third-order valence-corrected chi connectivity index (χ3v) is 6.37. The van der Waals surface area contributed by atoms with Gasteiger partial charge in [0.2, 0.25) is 0 Å². The summed E-state index contributed by atoms with van der Waals surface area (Å²) >= 11 is 1.43. The summed E-state index contributed by atoms with van der Waals surface area (Å²) in [5.41, 5.74) is 0. The first-order valence-electron chi connectivity index (χ1n) is 5.76. The minimum atomic E-state index is -2.85. The van der Waals surface area contributed by atoms with Crippen LogP contribution < -0.4 is 0 Å². The predicted octanol–water partition coefficient (Wildman–Crippen LogP) is 1.33. The minimum Gasteiger partial charge on any atom is -0.346 e. The van der Waals surface area contributed by atoms with Crippen LogP contribution in [0.4, 0.5) is 0 Å². The number of hydrogen-bond acceptors (Lipinski definition) is 4. The molecule has 2 aliphatic rings. The fourth-order valence-electron chi connectivity index (χ4n) is 2.36. The SMILES string of the molecule is CCCCCN1C(=N)S[C@H]2CS(=O)(=O)C[C@@H]21. The van der Waals surface area contributed by atoms with Gasteiger partial charge in [-0.3, -0.25) is 5.41 Å². The lowest BCUT2D eigenvalue weighted by atomic mass is 10.2. The highest BCUT2D eigenvalue weighted by atomic mass is 32.2. The highest BCUT2D eigenvalue weighted by molar-refractivity contribution is 8.15. The Morgan fingerprint density at radius 1 is 1.44 bits per heavy atom. The molecule has 0 radical (unpaired) electrons. The van der Waals surface area contributed by atoms with Gasteiger partial charge in [-0.15, -0.1) is 0 Å². The molecular weight excluding hydrogens is 244 g/mol. The standard InChI is InChI=1S/C10H18N2O2S2/c1-2-3-4-5-12-8-6-16(13,14)7-9(8)15-10(12)11/h8-9,11H,2-7H2,1H3/t8-,9-/m0/s1. The van der Waals surface area contributed by atoms with Gasteiger partial charge in [0.05, 0.1) is 17.5 Å². The first-order chi connectivity index (χ1) is 7.53. The zero-order chi connectivity index (χ0) is 11.8. The molecule has 2 atom stereocenters. The molecule has 16 heavy (non-hydrogen) atoms. The van der Waals surface area contributed by atoms with Gasteiger partial charge in [0, 0.05) is 11.8 Å². The van der Waals surface area contributed by atoms with E-state index in [9.17, 15) is 8.42 Å². The Kier molecular flexibility index (Phi) is 3.49. The number of unbranched alkanes of at least 4 members (excludes halogenated alkanes) is 2. The lowest BCUT2D eigenvalue weighted by Gasteiger charge is -2.23. The Bertz CT molecular complexity index is 380. The number of rotatable bonds is 4. The summed E-state index contributed by atoms with van der Waals surface area (Å²) in [6, 6.07) is 0.0688. The molecule has 0 saturated carbocycles. The number of sulfone groups is 1. The first kappa shape index (κ1) is 12.2. The van der Waals surface area contributed by atoms with Crippen LogP contribution in [0.1, 0.15) is 26.2 Å². The summed E-state index contributed by atoms with van der Waals surface area (Å²) in [4.78, 5) is 2.00. The van der Waals surface area contributed by atoms with Crippen LogP contribution >= 0.6 is 11.8 Å². The van der Waals surface area contributed by atoms with Crippen LogP contribution in [0.2, 0.25) is 0 Å². The van der Waals surface area contributed by atoms with Gasteiger partial charge in [-0.25, -0.2) is 8.42 Å². The monoisotopic (exact) mass is 262 g/mol. The van der Waals surface area contributed by atoms with Crippen molar-refractivity contribution in [3.05, 3.63) is 0 Å². The normalized spacial score (nSPS) is 32.1. The Labute approximate surface area is 101 Å². The molecule has 2 heterocycles. The predicted molar refractivity (Wildman–Crippen MR) is 67.8 cm³/mol. The van der Waals surface area contributed by atoms with Crippen molar-refractivity contribution in [1.29, 1.82) is 5.41 Å². The van der Waals surface area contributed by atoms with E-state index in [2.05, 4.69) is 6.92 Å². The fraction of sp³-hybridized carbons (Fsp3) is 0.900. The van der Waals surface area contributed by atoms with Crippen LogP contribution in [-0.2, 0) is 9.84 Å². The lowest BCUT2D eigenvalue weighted by Crippen LogP contribution is -2.37. The summed E-state index contributed by atoms with van der Waals surface area (Å²) in [6.07, 6.45) is 3.36. The van der Waals surface area contributed by atoms with E-state index in [0.717, 1.165) is 25.8 Å². The Morgan fingerprint density at radius 2 is 2.19 bits per heavy atom. The first-order valence-corrected chi connectivity index (χ1v) is 8.46. The molecule has 6 heteroatoms. The molecule has 0 bridgehead atoms. The third kappa shape index (κ3) is 2.37. The van der Waals surface area contributed by atoms with Crippen molar-refractivity contribution in [2.45, 2.75) is 37.5 Å². The molecule has 92 valence electrons. The molecule has 0 spiro atoms. The van der Waals surface area contributed by atoms with Gasteiger partial charge in [-0.2, -0.15) is 0 Å². The average Bonchev–Trinajstić information content (AvgIpc) is 2.60. The van der Waals surface area contributed by atoms with Gasteiger partial charge in [-0.1, -0.05) is 31.5 Å². The van der Waals surface area contributed by atoms with E-state index in [1.807, 2.05) is 4.90 Å². The number of fused-ring (bicyclic) bond motifs is 1. The number of hydrogen-bond donors (Lipinski definition) is 1. The van der Waals surface area contributed by atoms with Crippen molar-refractivity contribution < 1.29 is 8.42 Å². The lowest BCUT2D eigenvalue weighted by molar-refractivity contribution is 0.346. The van der Waals surface area contributed by atoms with Crippen LogP contribution in [-0.4, -0.2) is 47.8 Å². The van der Waals surface area contributed by atoms with E-state index in [4.69, 9.17) is 5.41 Å². The van der Waals surface area contributed by atoms with E-state index in [0.29, 0.717) is 5.17 Å². The van der Waals surface area contributed by atoms with Crippen molar-refractivity contribution in [3.63, 3.8) is 0 Å². The van der Waals surface area contributed by atoms with Crippen LogP contribution in [0.3, 0.4) is 0 Å². The average molecular weight is 262 g/mol. The Balaban J connectivity index is 1.99. The van der Waals surface area contributed by atoms with Crippen LogP contribution in [0.15, 0.2) is 0 Å². The molecule has 0 aromatic heterocycles. The molecular formula is C10H18N2O2S2. The highest BCUT2D eigenvalue weighted by Crippen LogP contribution is 2.37. The van der Waals surface area contributed by atoms with Gasteiger partial charge < -0.3 is 4.90 Å². The fourth-order valence-corrected chi connectivity index (χ4v) is 6.22. The quantitative estimate of drug-likeness (QED) is 0.776. The van der Waals surface area contributed by atoms with Crippen LogP contribution in [0.5, 0.6) is 0 Å². The number of thioether (sulfide) groups is 1. The molecule has 0 aliphatic carbocycles. The van der Waals surface area contributed by atoms with E-state index in [1.54, 1.807) is 0 Å². The third-order valence-electron chi connectivity index (χ3n) is 3.20. The summed E-state index contributed by atoms with van der Waals surface area (Å²) < 4.78 is 23.0. The summed E-state index contributed by atoms with van der Waals surface area (Å²) in [7, 11) is -2.85. The van der Waals surface area contributed by atoms with Crippen molar-refractivity contribution in [2.75, 3.05) is 18.1 Å². The van der Waals surface area contributed by atoms with E-state index in [-0.39, 0.29) is 22.8 Å². The second-order valence-corrected chi connectivity index (χ2v) is 7.89. The van der Waals surface area contributed by atoms with E-state index < -0.39 is 9.84 Å². The largest absolute Gasteiger partial charge is 0.346 e. The molecule has 4 nitrogen and oxygen atoms in total. The zero-order valence-corrected chi connectivity index (χ0v) is 11.1. The van der Waals surface area contributed by atoms with Gasteiger partial charge in [0.15, 0.2) is 15.0 Å². The van der Waals surface area contributed by atoms with Crippen molar-refractivity contribution in [2.24, 2.45) is 0 Å². The van der Waals surface area contributed by atoms with Crippen LogP contribution in [0.25, 0.3) is 0 Å². The van der Waals surface area contributed by atoms with E-state index in [1.165, 1.54) is 11.8 Å². The zero-order valence-electron chi connectivity index (χ0n) is 9.48. The van der Waals surface area contributed by atoms with Gasteiger partial charge in [0.1, 0.15) is 0 Å². The smallest absolute Gasteiger partial charge is 0.157 e. The summed E-state index contributed by atoms with van der Waals surface area (Å²) in [5.74, 6) is 0.508. The topological polar surface area (TPSA) is 61.2 Å². The van der Waals surface area contributed by atoms with Gasteiger partial charge in [-0.05, 0) is 6.42 Å². The van der Waals surface area contributed by atoms with Crippen molar-refractivity contribution >= 4 is 26.8 Å².